The van der Waals surface area contributed by atoms with Crippen LogP contribution < -0.4 is 21.3 Å². The molecule has 2 aromatic rings. The number of ether oxygens (including phenoxy) is 1. The van der Waals surface area contributed by atoms with Crippen molar-refractivity contribution in [2.45, 2.75) is 38.3 Å². The van der Waals surface area contributed by atoms with Crippen LogP contribution in [-0.4, -0.2) is 12.6 Å². The van der Waals surface area contributed by atoms with E-state index in [9.17, 15) is 0 Å². The first kappa shape index (κ1) is 15.8. The first-order chi connectivity index (χ1) is 11.1. The van der Waals surface area contributed by atoms with Gasteiger partial charge >= 0.3 is 0 Å². The van der Waals surface area contributed by atoms with E-state index in [4.69, 9.17) is 10.5 Å². The van der Waals surface area contributed by atoms with Gasteiger partial charge in [0.15, 0.2) is 0 Å². The second kappa shape index (κ2) is 7.02. The highest BCUT2D eigenvalue weighted by molar-refractivity contribution is 5.40. The van der Waals surface area contributed by atoms with E-state index in [0.29, 0.717) is 24.6 Å². The monoisotopic (exact) mass is 311 g/mol. The van der Waals surface area contributed by atoms with Crippen LogP contribution in [0.15, 0.2) is 48.5 Å². The van der Waals surface area contributed by atoms with Crippen LogP contribution in [0.1, 0.15) is 43.4 Å². The van der Waals surface area contributed by atoms with Gasteiger partial charge in [-0.1, -0.05) is 38.1 Å². The molecule has 1 saturated heterocycles. The number of nitrogen functional groups attached to an aromatic ring is 1. The average molecular weight is 311 g/mol. The summed E-state index contributed by atoms with van der Waals surface area (Å²) < 4.78 is 5.91. The summed E-state index contributed by atoms with van der Waals surface area (Å²) in [6, 6.07) is 17.0. The van der Waals surface area contributed by atoms with Gasteiger partial charge in [-0.05, 0) is 47.7 Å². The van der Waals surface area contributed by atoms with Crippen molar-refractivity contribution in [1.82, 2.24) is 10.9 Å². The minimum atomic E-state index is 0.294. The van der Waals surface area contributed by atoms with Gasteiger partial charge in [-0.25, -0.2) is 5.43 Å². The predicted molar refractivity (Wildman–Crippen MR) is 94.3 cm³/mol. The lowest BCUT2D eigenvalue weighted by atomic mass is 10.0. The normalized spacial score (nSPS) is 20.8. The van der Waals surface area contributed by atoms with E-state index in [1.54, 1.807) is 0 Å². The molecule has 1 fully saturated rings. The SMILES string of the molecule is CC(C)c1ccc(OCC2CC(c3ccc(N)cc3)NN2)cc1. The number of nitrogens with two attached hydrogens (primary N) is 1. The molecule has 0 amide bonds. The second-order valence-corrected chi connectivity index (χ2v) is 6.48. The van der Waals surface area contributed by atoms with E-state index < -0.39 is 0 Å². The Morgan fingerprint density at radius 1 is 1.04 bits per heavy atom. The van der Waals surface area contributed by atoms with Crippen LogP contribution in [0, 0.1) is 0 Å². The highest BCUT2D eigenvalue weighted by Crippen LogP contribution is 2.24. The van der Waals surface area contributed by atoms with Crippen molar-refractivity contribution >= 4 is 5.69 Å². The fraction of sp³-hybridized carbons (Fsp3) is 0.368. The number of nitrogens with one attached hydrogen (secondary N) is 2. The smallest absolute Gasteiger partial charge is 0.119 e. The molecule has 23 heavy (non-hydrogen) atoms. The number of anilines is 1. The van der Waals surface area contributed by atoms with E-state index in [1.165, 1.54) is 11.1 Å². The quantitative estimate of drug-likeness (QED) is 0.741. The summed E-state index contributed by atoms with van der Waals surface area (Å²) in [5.74, 6) is 1.47. The molecule has 0 aliphatic carbocycles. The molecule has 0 aromatic heterocycles. The van der Waals surface area contributed by atoms with Crippen molar-refractivity contribution in [3.8, 4) is 5.75 Å². The van der Waals surface area contributed by atoms with Crippen LogP contribution in [0.2, 0.25) is 0 Å². The lowest BCUT2D eigenvalue weighted by Crippen LogP contribution is -2.34. The van der Waals surface area contributed by atoms with Gasteiger partial charge in [0, 0.05) is 11.7 Å². The molecule has 2 unspecified atom stereocenters. The summed E-state index contributed by atoms with van der Waals surface area (Å²) in [6.45, 7) is 5.04. The lowest BCUT2D eigenvalue weighted by molar-refractivity contribution is 0.272. The molecule has 3 rings (SSSR count). The largest absolute Gasteiger partial charge is 0.492 e. The third-order valence-electron chi connectivity index (χ3n) is 4.32. The third-order valence-corrected chi connectivity index (χ3v) is 4.32. The first-order valence-electron chi connectivity index (χ1n) is 8.21. The van der Waals surface area contributed by atoms with E-state index in [-0.39, 0.29) is 0 Å². The Morgan fingerprint density at radius 2 is 1.74 bits per heavy atom. The maximum atomic E-state index is 5.91. The molecule has 122 valence electrons. The molecule has 0 radical (unpaired) electrons. The first-order valence-corrected chi connectivity index (χ1v) is 8.21. The van der Waals surface area contributed by atoms with Crippen LogP contribution >= 0.6 is 0 Å². The molecule has 4 N–H and O–H groups in total. The molecule has 2 atom stereocenters. The standard InChI is InChI=1S/C19H25N3O/c1-13(2)14-5-9-18(10-6-14)23-12-17-11-19(22-21-17)15-3-7-16(20)8-4-15/h3-10,13,17,19,21-22H,11-12,20H2,1-2H3. The van der Waals surface area contributed by atoms with Crippen LogP contribution in [0.3, 0.4) is 0 Å². The molecule has 1 aliphatic rings. The zero-order chi connectivity index (χ0) is 16.2. The molecule has 0 bridgehead atoms. The Balaban J connectivity index is 1.51. The van der Waals surface area contributed by atoms with Crippen molar-refractivity contribution in [2.24, 2.45) is 0 Å². The topological polar surface area (TPSA) is 59.3 Å². The average Bonchev–Trinajstić information content (AvgIpc) is 3.03. The van der Waals surface area contributed by atoms with E-state index >= 15 is 0 Å². The zero-order valence-electron chi connectivity index (χ0n) is 13.8. The minimum absolute atomic E-state index is 0.294. The van der Waals surface area contributed by atoms with Crippen molar-refractivity contribution in [1.29, 1.82) is 0 Å². The molecular formula is C19H25N3O. The molecule has 4 nitrogen and oxygen atoms in total. The highest BCUT2D eigenvalue weighted by Gasteiger charge is 2.25. The fourth-order valence-electron chi connectivity index (χ4n) is 2.82. The van der Waals surface area contributed by atoms with E-state index in [2.05, 4.69) is 61.1 Å². The summed E-state index contributed by atoms with van der Waals surface area (Å²) in [7, 11) is 0. The fourth-order valence-corrected chi connectivity index (χ4v) is 2.82. The number of hydrogen-bond acceptors (Lipinski definition) is 4. The van der Waals surface area contributed by atoms with Crippen LogP contribution in [-0.2, 0) is 0 Å². The Morgan fingerprint density at radius 3 is 2.39 bits per heavy atom. The Labute approximate surface area is 138 Å². The van der Waals surface area contributed by atoms with Crippen molar-refractivity contribution in [2.75, 3.05) is 12.3 Å². The molecule has 2 aromatic carbocycles. The molecule has 0 saturated carbocycles. The summed E-state index contributed by atoms with van der Waals surface area (Å²) in [6.07, 6.45) is 0.994. The van der Waals surface area contributed by atoms with Gasteiger partial charge in [0.2, 0.25) is 0 Å². The summed E-state index contributed by atoms with van der Waals surface area (Å²) >= 11 is 0. The summed E-state index contributed by atoms with van der Waals surface area (Å²) in [5, 5.41) is 0. The maximum Gasteiger partial charge on any atom is 0.119 e. The minimum Gasteiger partial charge on any atom is -0.492 e. The van der Waals surface area contributed by atoms with E-state index in [0.717, 1.165) is 17.9 Å². The number of hydrazine groups is 1. The number of rotatable bonds is 5. The van der Waals surface area contributed by atoms with Gasteiger partial charge in [0.05, 0.1) is 6.04 Å². The Bertz CT molecular complexity index is 622. The van der Waals surface area contributed by atoms with Gasteiger partial charge in [0.1, 0.15) is 12.4 Å². The number of benzene rings is 2. The number of hydrogen-bond donors (Lipinski definition) is 3. The van der Waals surface area contributed by atoms with Crippen LogP contribution in [0.25, 0.3) is 0 Å². The van der Waals surface area contributed by atoms with Gasteiger partial charge in [-0.3, -0.25) is 5.43 Å². The third kappa shape index (κ3) is 4.03. The molecule has 1 heterocycles. The molecule has 4 heteroatoms. The van der Waals surface area contributed by atoms with Crippen molar-refractivity contribution in [3.05, 3.63) is 59.7 Å². The van der Waals surface area contributed by atoms with Crippen LogP contribution in [0.5, 0.6) is 5.75 Å². The summed E-state index contributed by atoms with van der Waals surface area (Å²) in [5.41, 5.74) is 15.8. The predicted octanol–water partition coefficient (Wildman–Crippen LogP) is 3.38. The summed E-state index contributed by atoms with van der Waals surface area (Å²) in [4.78, 5) is 0. The van der Waals surface area contributed by atoms with Gasteiger partial charge in [-0.2, -0.15) is 0 Å². The van der Waals surface area contributed by atoms with Gasteiger partial charge in [0.25, 0.3) is 0 Å². The highest BCUT2D eigenvalue weighted by atomic mass is 16.5. The maximum absolute atomic E-state index is 5.91. The van der Waals surface area contributed by atoms with Crippen molar-refractivity contribution < 1.29 is 4.74 Å². The Kier molecular flexibility index (Phi) is 4.84. The van der Waals surface area contributed by atoms with Crippen molar-refractivity contribution in [3.63, 3.8) is 0 Å². The van der Waals surface area contributed by atoms with E-state index in [1.807, 2.05) is 12.1 Å². The zero-order valence-corrected chi connectivity index (χ0v) is 13.8. The van der Waals surface area contributed by atoms with Crippen LogP contribution in [0.4, 0.5) is 5.69 Å². The van der Waals surface area contributed by atoms with Gasteiger partial charge < -0.3 is 10.5 Å². The molecule has 0 spiro atoms. The Hall–Kier alpha value is -2.04. The second-order valence-electron chi connectivity index (χ2n) is 6.48. The van der Waals surface area contributed by atoms with Gasteiger partial charge in [-0.15, -0.1) is 0 Å². The molecule has 1 aliphatic heterocycles. The lowest BCUT2D eigenvalue weighted by Gasteiger charge is -2.13. The molecular weight excluding hydrogens is 286 g/mol.